The number of morpholine rings is 1. The summed E-state index contributed by atoms with van der Waals surface area (Å²) in [5, 5.41) is 0. The molecule has 0 N–H and O–H groups in total. The third-order valence-electron chi connectivity index (χ3n) is 1.58. The Balaban J connectivity index is 2.08. The first-order valence-electron chi connectivity index (χ1n) is 3.53. The summed E-state index contributed by atoms with van der Waals surface area (Å²) in [7, 11) is 0. The first kappa shape index (κ1) is 7.03. The van der Waals surface area contributed by atoms with E-state index >= 15 is 0 Å². The molecule has 0 unspecified atom stereocenters. The van der Waals surface area contributed by atoms with Crippen molar-refractivity contribution in [2.24, 2.45) is 0 Å². The molecule has 0 aromatic rings. The summed E-state index contributed by atoms with van der Waals surface area (Å²) in [5.74, 6) is 0. The van der Waals surface area contributed by atoms with Crippen LogP contribution in [0.25, 0.3) is 0 Å². The first-order chi connectivity index (χ1) is 4.43. The lowest BCUT2D eigenvalue weighted by Gasteiger charge is -2.25. The third kappa shape index (κ3) is 2.33. The van der Waals surface area contributed by atoms with Crippen LogP contribution in [0.3, 0.4) is 0 Å². The highest BCUT2D eigenvalue weighted by atomic mass is 16.5. The highest BCUT2D eigenvalue weighted by molar-refractivity contribution is 4.61. The molecule has 1 aliphatic heterocycles. The summed E-state index contributed by atoms with van der Waals surface area (Å²) in [6.45, 7) is 8.92. The Kier molecular flexibility index (Phi) is 3.01. The quantitative estimate of drug-likeness (QED) is 0.538. The van der Waals surface area contributed by atoms with Gasteiger partial charge in [-0.25, -0.2) is 0 Å². The molecule has 1 heterocycles. The molecule has 9 heavy (non-hydrogen) atoms. The Bertz CT molecular complexity index is 66.6. The van der Waals surface area contributed by atoms with Gasteiger partial charge in [0.25, 0.3) is 0 Å². The van der Waals surface area contributed by atoms with Gasteiger partial charge in [-0.05, 0) is 13.0 Å². The van der Waals surface area contributed by atoms with Crippen molar-refractivity contribution in [2.75, 3.05) is 32.8 Å². The second kappa shape index (κ2) is 3.85. The molecule has 0 bridgehead atoms. The van der Waals surface area contributed by atoms with Crippen LogP contribution in [0.4, 0.5) is 0 Å². The molecule has 53 valence electrons. The van der Waals surface area contributed by atoms with Crippen LogP contribution < -0.4 is 0 Å². The zero-order valence-corrected chi connectivity index (χ0v) is 5.81. The molecule has 2 nitrogen and oxygen atoms in total. The SMILES string of the molecule is [CH2]CCN1CCOCC1. The van der Waals surface area contributed by atoms with E-state index in [0.29, 0.717) is 0 Å². The molecule has 0 saturated carbocycles. The van der Waals surface area contributed by atoms with Gasteiger partial charge >= 0.3 is 0 Å². The third-order valence-corrected chi connectivity index (χ3v) is 1.58. The number of hydrogen-bond acceptors (Lipinski definition) is 2. The van der Waals surface area contributed by atoms with Crippen LogP contribution in [0.2, 0.25) is 0 Å². The maximum Gasteiger partial charge on any atom is 0.0594 e. The molecule has 0 atom stereocenters. The predicted molar refractivity (Wildman–Crippen MR) is 37.2 cm³/mol. The number of rotatable bonds is 2. The summed E-state index contributed by atoms with van der Waals surface area (Å²) in [4.78, 5) is 2.39. The summed E-state index contributed by atoms with van der Waals surface area (Å²) < 4.78 is 5.18. The lowest BCUT2D eigenvalue weighted by Crippen LogP contribution is -2.36. The van der Waals surface area contributed by atoms with Crippen molar-refractivity contribution >= 4 is 0 Å². The van der Waals surface area contributed by atoms with Crippen molar-refractivity contribution in [1.29, 1.82) is 0 Å². The Labute approximate surface area is 56.8 Å². The summed E-state index contributed by atoms with van der Waals surface area (Å²) in [6.07, 6.45) is 1.01. The Hall–Kier alpha value is -0.0800. The van der Waals surface area contributed by atoms with E-state index in [1.54, 1.807) is 0 Å². The number of ether oxygens (including phenoxy) is 1. The van der Waals surface area contributed by atoms with Crippen molar-refractivity contribution in [3.63, 3.8) is 0 Å². The zero-order valence-electron chi connectivity index (χ0n) is 5.81. The van der Waals surface area contributed by atoms with Crippen LogP contribution in [-0.2, 0) is 4.74 Å². The van der Waals surface area contributed by atoms with Gasteiger partial charge < -0.3 is 4.74 Å². The van der Waals surface area contributed by atoms with E-state index in [1.807, 2.05) is 0 Å². The van der Waals surface area contributed by atoms with Gasteiger partial charge in [-0.3, -0.25) is 4.90 Å². The van der Waals surface area contributed by atoms with Crippen LogP contribution in [0, 0.1) is 6.92 Å². The molecule has 2 heteroatoms. The van der Waals surface area contributed by atoms with Crippen LogP contribution in [0.5, 0.6) is 0 Å². The second-order valence-electron chi connectivity index (χ2n) is 2.31. The van der Waals surface area contributed by atoms with E-state index in [4.69, 9.17) is 4.74 Å². The predicted octanol–water partition coefficient (Wildman–Crippen LogP) is 0.543. The average Bonchev–Trinajstić information content (AvgIpc) is 1.91. The molecule has 0 amide bonds. The summed E-state index contributed by atoms with van der Waals surface area (Å²) in [6, 6.07) is 0. The fourth-order valence-corrected chi connectivity index (χ4v) is 1.05. The minimum Gasteiger partial charge on any atom is -0.379 e. The largest absolute Gasteiger partial charge is 0.379 e. The van der Waals surface area contributed by atoms with Crippen molar-refractivity contribution in [3.8, 4) is 0 Å². The minimum atomic E-state index is 0.903. The van der Waals surface area contributed by atoms with Gasteiger partial charge in [-0.2, -0.15) is 0 Å². The molecule has 1 saturated heterocycles. The summed E-state index contributed by atoms with van der Waals surface area (Å²) >= 11 is 0. The van der Waals surface area contributed by atoms with Gasteiger partial charge in [0.2, 0.25) is 0 Å². The van der Waals surface area contributed by atoms with Crippen LogP contribution in [-0.4, -0.2) is 37.7 Å². The molecule has 0 aliphatic carbocycles. The van der Waals surface area contributed by atoms with Crippen molar-refractivity contribution in [2.45, 2.75) is 6.42 Å². The van der Waals surface area contributed by atoms with Gasteiger partial charge in [0, 0.05) is 13.1 Å². The Morgan fingerprint density at radius 1 is 1.33 bits per heavy atom. The summed E-state index contributed by atoms with van der Waals surface area (Å²) in [5.41, 5.74) is 0. The topological polar surface area (TPSA) is 12.5 Å². The molecule has 1 aliphatic rings. The maximum atomic E-state index is 5.18. The lowest BCUT2D eigenvalue weighted by molar-refractivity contribution is 0.0387. The molecular formula is C7H14NO. The molecule has 0 spiro atoms. The fraction of sp³-hybridized carbons (Fsp3) is 0.857. The molecule has 0 aromatic heterocycles. The van der Waals surface area contributed by atoms with E-state index in [0.717, 1.165) is 39.3 Å². The normalized spacial score (nSPS) is 22.3. The van der Waals surface area contributed by atoms with Gasteiger partial charge in [0.15, 0.2) is 0 Å². The smallest absolute Gasteiger partial charge is 0.0594 e. The minimum absolute atomic E-state index is 0.903. The highest BCUT2D eigenvalue weighted by Gasteiger charge is 2.07. The highest BCUT2D eigenvalue weighted by Crippen LogP contribution is 1.96. The lowest BCUT2D eigenvalue weighted by atomic mass is 10.4. The van der Waals surface area contributed by atoms with E-state index < -0.39 is 0 Å². The molecular weight excluding hydrogens is 114 g/mol. The number of hydrogen-bond donors (Lipinski definition) is 0. The van der Waals surface area contributed by atoms with Crippen molar-refractivity contribution in [3.05, 3.63) is 6.92 Å². The van der Waals surface area contributed by atoms with E-state index in [9.17, 15) is 0 Å². The molecule has 0 aromatic carbocycles. The average molecular weight is 128 g/mol. The van der Waals surface area contributed by atoms with Gasteiger partial charge in [-0.1, -0.05) is 6.92 Å². The molecule has 1 radical (unpaired) electrons. The van der Waals surface area contributed by atoms with Gasteiger partial charge in [0.05, 0.1) is 13.2 Å². The monoisotopic (exact) mass is 128 g/mol. The Morgan fingerprint density at radius 2 is 2.00 bits per heavy atom. The maximum absolute atomic E-state index is 5.18. The van der Waals surface area contributed by atoms with Gasteiger partial charge in [-0.15, -0.1) is 0 Å². The van der Waals surface area contributed by atoms with Crippen LogP contribution in [0.1, 0.15) is 6.42 Å². The zero-order chi connectivity index (χ0) is 6.53. The van der Waals surface area contributed by atoms with Crippen LogP contribution in [0.15, 0.2) is 0 Å². The van der Waals surface area contributed by atoms with E-state index in [2.05, 4.69) is 11.8 Å². The molecule has 1 fully saturated rings. The standard InChI is InChI=1S/C7H14NO/c1-2-3-8-4-6-9-7-5-8/h1-7H2. The Morgan fingerprint density at radius 3 is 2.56 bits per heavy atom. The second-order valence-corrected chi connectivity index (χ2v) is 2.31. The van der Waals surface area contributed by atoms with E-state index in [-0.39, 0.29) is 0 Å². The van der Waals surface area contributed by atoms with E-state index in [1.165, 1.54) is 0 Å². The fourth-order valence-electron chi connectivity index (χ4n) is 1.05. The van der Waals surface area contributed by atoms with Crippen molar-refractivity contribution < 1.29 is 4.74 Å². The first-order valence-corrected chi connectivity index (χ1v) is 3.53. The van der Waals surface area contributed by atoms with Gasteiger partial charge in [0.1, 0.15) is 0 Å². The number of nitrogens with zero attached hydrogens (tertiary/aromatic N) is 1. The van der Waals surface area contributed by atoms with Crippen LogP contribution >= 0.6 is 0 Å². The molecule has 1 rings (SSSR count). The van der Waals surface area contributed by atoms with Crippen molar-refractivity contribution in [1.82, 2.24) is 4.90 Å².